The molecule has 1 aliphatic heterocycles. The van der Waals surface area contributed by atoms with Crippen molar-refractivity contribution in [2.75, 3.05) is 4.90 Å². The van der Waals surface area contributed by atoms with Gasteiger partial charge in [-0.15, -0.1) is 0 Å². The second-order valence-electron chi connectivity index (χ2n) is 15.7. The zero-order valence-electron chi connectivity index (χ0n) is 32.3. The highest BCUT2D eigenvalue weighted by Crippen LogP contribution is 2.54. The molecule has 278 valence electrons. The van der Waals surface area contributed by atoms with Crippen LogP contribution in [0, 0.1) is 5.92 Å². The maximum absolute atomic E-state index is 5.58. The lowest BCUT2D eigenvalue weighted by Gasteiger charge is -2.29. The Kier molecular flexibility index (Phi) is 8.39. The van der Waals surface area contributed by atoms with E-state index in [0.717, 1.165) is 46.3 Å². The van der Waals surface area contributed by atoms with Gasteiger partial charge in [-0.1, -0.05) is 171 Å². The van der Waals surface area contributed by atoms with Gasteiger partial charge >= 0.3 is 0 Å². The van der Waals surface area contributed by atoms with E-state index in [4.69, 9.17) is 19.9 Å². The number of allylic oxidation sites excluding steroid dienone is 7. The Labute approximate surface area is 339 Å². The third-order valence-corrected chi connectivity index (χ3v) is 12.2. The first-order chi connectivity index (χ1) is 28.7. The average molecular weight is 748 g/mol. The second kappa shape index (κ2) is 14.2. The molecule has 0 radical (unpaired) electrons. The molecule has 0 fully saturated rings. The Bertz CT molecular complexity index is 2870. The number of para-hydroxylation sites is 2. The zero-order chi connectivity index (χ0) is 38.6. The summed E-state index contributed by atoms with van der Waals surface area (Å²) in [5.41, 5.74) is 13.7. The topological polar surface area (TPSA) is 54.8 Å². The molecule has 5 aromatic carbocycles. The SMILES string of the molecule is CC1C=CC(c2ccc(-c3nc(C4=CCC(c5nc6ccccc6c6c5C5C=CC=CC5N6c5ccccc5)c5ccccc54)nc(-c4ccccc4)n3)cc2)=CC1. The molecule has 5 nitrogen and oxygen atoms in total. The van der Waals surface area contributed by atoms with Gasteiger partial charge in [0.05, 0.1) is 22.9 Å². The maximum atomic E-state index is 5.58. The minimum absolute atomic E-state index is 0.0440. The quantitative estimate of drug-likeness (QED) is 0.170. The number of hydrogen-bond donors (Lipinski definition) is 0. The van der Waals surface area contributed by atoms with E-state index >= 15 is 0 Å². The molecule has 3 heterocycles. The summed E-state index contributed by atoms with van der Waals surface area (Å²) in [5, 5.41) is 1.18. The molecule has 4 aliphatic rings. The predicted octanol–water partition coefficient (Wildman–Crippen LogP) is 12.4. The fraction of sp³-hybridized carbons (Fsp3) is 0.132. The van der Waals surface area contributed by atoms with Crippen LogP contribution in [0.5, 0.6) is 0 Å². The average Bonchev–Trinajstić information content (AvgIpc) is 3.65. The minimum Gasteiger partial charge on any atom is -0.333 e. The van der Waals surface area contributed by atoms with Crippen molar-refractivity contribution in [2.24, 2.45) is 5.92 Å². The van der Waals surface area contributed by atoms with E-state index in [2.05, 4.69) is 176 Å². The molecule has 11 rings (SSSR count). The lowest BCUT2D eigenvalue weighted by Crippen LogP contribution is -2.28. The number of benzene rings is 5. The lowest BCUT2D eigenvalue weighted by atomic mass is 9.77. The van der Waals surface area contributed by atoms with Crippen LogP contribution in [0.1, 0.15) is 65.4 Å². The van der Waals surface area contributed by atoms with E-state index in [1.807, 2.05) is 18.2 Å². The Morgan fingerprint density at radius 2 is 1.24 bits per heavy atom. The fourth-order valence-corrected chi connectivity index (χ4v) is 9.31. The second-order valence-corrected chi connectivity index (χ2v) is 15.7. The van der Waals surface area contributed by atoms with Crippen LogP contribution in [0.4, 0.5) is 11.4 Å². The van der Waals surface area contributed by atoms with Crippen LogP contribution in [-0.2, 0) is 0 Å². The van der Waals surface area contributed by atoms with Crippen molar-refractivity contribution in [1.82, 2.24) is 19.9 Å². The lowest BCUT2D eigenvalue weighted by molar-refractivity contribution is 0.715. The predicted molar refractivity (Wildman–Crippen MR) is 237 cm³/mol. The van der Waals surface area contributed by atoms with Crippen molar-refractivity contribution < 1.29 is 0 Å². The van der Waals surface area contributed by atoms with Gasteiger partial charge in [-0.3, -0.25) is 4.98 Å². The van der Waals surface area contributed by atoms with Crippen molar-refractivity contribution in [1.29, 1.82) is 0 Å². The van der Waals surface area contributed by atoms with Gasteiger partial charge in [0.2, 0.25) is 0 Å². The number of pyridine rings is 1. The van der Waals surface area contributed by atoms with Crippen LogP contribution >= 0.6 is 0 Å². The molecule has 7 aromatic rings. The summed E-state index contributed by atoms with van der Waals surface area (Å²) in [6.45, 7) is 2.25. The first-order valence-corrected chi connectivity index (χ1v) is 20.4. The molecule has 4 atom stereocenters. The molecule has 5 heteroatoms. The highest BCUT2D eigenvalue weighted by Gasteiger charge is 2.43. The smallest absolute Gasteiger partial charge is 0.164 e. The molecule has 0 saturated carbocycles. The van der Waals surface area contributed by atoms with Crippen molar-refractivity contribution in [3.05, 3.63) is 216 Å². The summed E-state index contributed by atoms with van der Waals surface area (Å²) < 4.78 is 0. The van der Waals surface area contributed by atoms with Crippen molar-refractivity contribution in [2.45, 2.75) is 37.6 Å². The van der Waals surface area contributed by atoms with E-state index in [9.17, 15) is 0 Å². The monoisotopic (exact) mass is 747 g/mol. The van der Waals surface area contributed by atoms with Gasteiger partial charge in [-0.25, -0.2) is 15.0 Å². The summed E-state index contributed by atoms with van der Waals surface area (Å²) >= 11 is 0. The highest BCUT2D eigenvalue weighted by atomic mass is 15.2. The van der Waals surface area contributed by atoms with Gasteiger partial charge in [0.15, 0.2) is 17.5 Å². The highest BCUT2D eigenvalue weighted by molar-refractivity contribution is 5.99. The van der Waals surface area contributed by atoms with Gasteiger partial charge in [0.1, 0.15) is 0 Å². The third-order valence-electron chi connectivity index (χ3n) is 12.2. The summed E-state index contributed by atoms with van der Waals surface area (Å²) in [5.74, 6) is 2.79. The molecule has 0 spiro atoms. The fourth-order valence-electron chi connectivity index (χ4n) is 9.31. The number of rotatable bonds is 6. The molecule has 58 heavy (non-hydrogen) atoms. The molecule has 3 aliphatic carbocycles. The Morgan fingerprint density at radius 3 is 2.03 bits per heavy atom. The molecule has 0 saturated heterocycles. The van der Waals surface area contributed by atoms with E-state index in [0.29, 0.717) is 23.4 Å². The number of hydrogen-bond acceptors (Lipinski definition) is 5. The van der Waals surface area contributed by atoms with Gasteiger partial charge < -0.3 is 4.90 Å². The standard InChI is InChI=1S/C53H41N5/c1-34-24-26-35(27-25-34)36-28-30-38(31-29-36)52-55-51(37-14-4-2-5-15-37)56-53(57-52)43-33-32-42(40-18-8-9-19-41(40)43)49-48-45-21-11-13-23-47(45)58(39-16-6-3-7-17-39)50(48)44-20-10-12-22-46(44)54-49/h2-24,26-31,33-34,42,45,47H,25,32H2,1H3. The van der Waals surface area contributed by atoms with E-state index in [1.54, 1.807) is 0 Å². The van der Waals surface area contributed by atoms with Gasteiger partial charge in [-0.05, 0) is 59.2 Å². The van der Waals surface area contributed by atoms with Crippen molar-refractivity contribution in [3.8, 4) is 22.8 Å². The van der Waals surface area contributed by atoms with Crippen molar-refractivity contribution in [3.63, 3.8) is 0 Å². The van der Waals surface area contributed by atoms with E-state index < -0.39 is 0 Å². The summed E-state index contributed by atoms with van der Waals surface area (Å²) in [6, 6.07) is 47.3. The largest absolute Gasteiger partial charge is 0.333 e. The third kappa shape index (κ3) is 5.85. The molecule has 4 unspecified atom stereocenters. The van der Waals surface area contributed by atoms with E-state index in [1.165, 1.54) is 39.0 Å². The van der Waals surface area contributed by atoms with Crippen LogP contribution in [0.3, 0.4) is 0 Å². The zero-order valence-corrected chi connectivity index (χ0v) is 32.3. The van der Waals surface area contributed by atoms with Crippen LogP contribution in [-0.4, -0.2) is 26.0 Å². The Hall–Kier alpha value is -6.98. The van der Waals surface area contributed by atoms with E-state index in [-0.39, 0.29) is 17.9 Å². The van der Waals surface area contributed by atoms with Crippen LogP contribution < -0.4 is 4.90 Å². The molecule has 0 amide bonds. The molecular weight excluding hydrogens is 707 g/mol. The van der Waals surface area contributed by atoms with Gasteiger partial charge in [0, 0.05) is 45.2 Å². The molecule has 2 aromatic heterocycles. The first-order valence-electron chi connectivity index (χ1n) is 20.4. The normalized spacial score (nSPS) is 20.3. The van der Waals surface area contributed by atoms with Crippen LogP contribution in [0.2, 0.25) is 0 Å². The first kappa shape index (κ1) is 34.3. The number of anilines is 2. The van der Waals surface area contributed by atoms with Crippen LogP contribution in [0.25, 0.3) is 44.8 Å². The minimum atomic E-state index is 0.0440. The van der Waals surface area contributed by atoms with Gasteiger partial charge in [0.25, 0.3) is 0 Å². The van der Waals surface area contributed by atoms with Gasteiger partial charge in [-0.2, -0.15) is 0 Å². The maximum Gasteiger partial charge on any atom is 0.164 e. The summed E-state index contributed by atoms with van der Waals surface area (Å²) in [4.78, 5) is 23.6. The molecule has 0 bridgehead atoms. The number of aromatic nitrogens is 4. The Balaban J connectivity index is 1.04. The van der Waals surface area contributed by atoms with Crippen LogP contribution in [0.15, 0.2) is 182 Å². The molecule has 0 N–H and O–H groups in total. The van der Waals surface area contributed by atoms with Crippen molar-refractivity contribution >= 4 is 33.4 Å². The number of nitrogens with zero attached hydrogens (tertiary/aromatic N) is 5. The Morgan fingerprint density at radius 1 is 0.569 bits per heavy atom. The molecular formula is C53H41N5. The summed E-state index contributed by atoms with van der Waals surface area (Å²) in [7, 11) is 0. The number of fused-ring (bicyclic) bond motifs is 6. The summed E-state index contributed by atoms with van der Waals surface area (Å²) in [6.07, 6.45) is 20.1.